The summed E-state index contributed by atoms with van der Waals surface area (Å²) < 4.78 is 2.11. The quantitative estimate of drug-likeness (QED) is 0.761. The Morgan fingerprint density at radius 3 is 2.38 bits per heavy atom. The zero-order valence-electron chi connectivity index (χ0n) is 13.9. The van der Waals surface area contributed by atoms with Crippen LogP contribution in [0, 0.1) is 0 Å². The normalized spacial score (nSPS) is 16.8. The van der Waals surface area contributed by atoms with Crippen LogP contribution in [0.25, 0.3) is 22.3 Å². The molecule has 0 unspecified atom stereocenters. The summed E-state index contributed by atoms with van der Waals surface area (Å²) >= 11 is 0. The van der Waals surface area contributed by atoms with E-state index in [2.05, 4.69) is 26.8 Å². The minimum Gasteiger partial charge on any atom is -0.383 e. The molecule has 1 fully saturated rings. The molecule has 3 aromatic rings. The average Bonchev–Trinajstić information content (AvgIpc) is 2.96. The van der Waals surface area contributed by atoms with Crippen LogP contribution in [0.2, 0.25) is 0 Å². The van der Waals surface area contributed by atoms with Gasteiger partial charge in [0, 0.05) is 5.56 Å². The minimum absolute atomic E-state index is 0.402. The highest BCUT2D eigenvalue weighted by Crippen LogP contribution is 2.34. The van der Waals surface area contributed by atoms with Gasteiger partial charge in [0.15, 0.2) is 5.65 Å². The number of hydrogen-bond donors (Lipinski definition) is 1. The van der Waals surface area contributed by atoms with Crippen LogP contribution in [0.5, 0.6) is 0 Å². The smallest absolute Gasteiger partial charge is 0.164 e. The molecule has 5 nitrogen and oxygen atoms in total. The third-order valence-corrected chi connectivity index (χ3v) is 4.99. The number of nitrogens with zero attached hydrogens (tertiary/aromatic N) is 4. The van der Waals surface area contributed by atoms with E-state index in [1.165, 1.54) is 32.1 Å². The van der Waals surface area contributed by atoms with Gasteiger partial charge in [-0.3, -0.25) is 0 Å². The molecule has 1 aliphatic rings. The molecule has 0 atom stereocenters. The van der Waals surface area contributed by atoms with Crippen molar-refractivity contribution in [2.45, 2.75) is 51.0 Å². The fourth-order valence-corrected chi connectivity index (χ4v) is 3.73. The lowest BCUT2D eigenvalue weighted by Crippen LogP contribution is -2.13. The van der Waals surface area contributed by atoms with Crippen molar-refractivity contribution in [1.29, 1.82) is 0 Å². The highest BCUT2D eigenvalue weighted by atomic mass is 15.3. The van der Waals surface area contributed by atoms with Gasteiger partial charge >= 0.3 is 0 Å². The fraction of sp³-hybridized carbons (Fsp3) is 0.421. The van der Waals surface area contributed by atoms with Crippen molar-refractivity contribution in [3.8, 4) is 11.3 Å². The van der Waals surface area contributed by atoms with Crippen LogP contribution in [0.3, 0.4) is 0 Å². The van der Waals surface area contributed by atoms with Crippen molar-refractivity contribution < 1.29 is 0 Å². The van der Waals surface area contributed by atoms with Crippen molar-refractivity contribution in [2.24, 2.45) is 0 Å². The van der Waals surface area contributed by atoms with Crippen molar-refractivity contribution in [2.75, 3.05) is 5.73 Å². The summed E-state index contributed by atoms with van der Waals surface area (Å²) in [7, 11) is 0. The molecular formula is C19H23N5. The van der Waals surface area contributed by atoms with Crippen molar-refractivity contribution in [1.82, 2.24) is 19.7 Å². The molecule has 1 aromatic carbocycles. The van der Waals surface area contributed by atoms with Gasteiger partial charge in [0.1, 0.15) is 17.8 Å². The van der Waals surface area contributed by atoms with Crippen LogP contribution >= 0.6 is 0 Å². The first-order chi connectivity index (χ1) is 11.8. The molecule has 2 heterocycles. The van der Waals surface area contributed by atoms with Gasteiger partial charge in [-0.05, 0) is 12.8 Å². The molecule has 4 rings (SSSR count). The predicted octanol–water partition coefficient (Wildman–Crippen LogP) is 4.36. The number of nitrogen functional groups attached to an aromatic ring is 1. The van der Waals surface area contributed by atoms with Gasteiger partial charge in [-0.1, -0.05) is 62.4 Å². The maximum Gasteiger partial charge on any atom is 0.164 e. The van der Waals surface area contributed by atoms with Crippen LogP contribution < -0.4 is 5.73 Å². The zero-order chi connectivity index (χ0) is 16.4. The van der Waals surface area contributed by atoms with E-state index in [1.54, 1.807) is 6.33 Å². The number of aromatic nitrogens is 4. The largest absolute Gasteiger partial charge is 0.383 e. The van der Waals surface area contributed by atoms with Gasteiger partial charge < -0.3 is 5.73 Å². The van der Waals surface area contributed by atoms with Crippen LogP contribution in [-0.2, 0) is 0 Å². The summed E-state index contributed by atoms with van der Waals surface area (Å²) in [6.45, 7) is 0. The maximum atomic E-state index is 6.19. The minimum atomic E-state index is 0.402. The Morgan fingerprint density at radius 2 is 1.62 bits per heavy atom. The molecule has 0 radical (unpaired) electrons. The van der Waals surface area contributed by atoms with E-state index in [1.807, 2.05) is 18.2 Å². The third-order valence-electron chi connectivity index (χ3n) is 4.99. The van der Waals surface area contributed by atoms with Gasteiger partial charge in [0.05, 0.1) is 11.4 Å². The summed E-state index contributed by atoms with van der Waals surface area (Å²) in [6, 6.07) is 10.6. The summed E-state index contributed by atoms with van der Waals surface area (Å²) in [5.41, 5.74) is 9.01. The number of benzene rings is 1. The van der Waals surface area contributed by atoms with Gasteiger partial charge in [0.25, 0.3) is 0 Å². The summed E-state index contributed by atoms with van der Waals surface area (Å²) in [5, 5.41) is 5.83. The van der Waals surface area contributed by atoms with Crippen molar-refractivity contribution >= 4 is 16.9 Å². The second-order valence-corrected chi connectivity index (χ2v) is 6.62. The SMILES string of the molecule is Nc1ncnc2c1c(-c1ccccc1)nn2C1CCCCCCC1. The monoisotopic (exact) mass is 321 g/mol. The van der Waals surface area contributed by atoms with Crippen LogP contribution in [0.4, 0.5) is 5.82 Å². The Hall–Kier alpha value is -2.43. The van der Waals surface area contributed by atoms with E-state index in [0.29, 0.717) is 11.9 Å². The first-order valence-corrected chi connectivity index (χ1v) is 8.88. The molecule has 0 bridgehead atoms. The fourth-order valence-electron chi connectivity index (χ4n) is 3.73. The Kier molecular flexibility index (Phi) is 4.15. The van der Waals surface area contributed by atoms with E-state index in [9.17, 15) is 0 Å². The molecule has 0 spiro atoms. The van der Waals surface area contributed by atoms with Crippen LogP contribution in [-0.4, -0.2) is 19.7 Å². The van der Waals surface area contributed by atoms with Gasteiger partial charge in [-0.15, -0.1) is 0 Å². The standard InChI is InChI=1S/C19H23N5/c20-18-16-17(14-9-5-4-6-10-14)23-24(19(16)22-13-21-18)15-11-7-2-1-3-8-12-15/h4-6,9-10,13,15H,1-3,7-8,11-12H2,(H2,20,21,22). The Morgan fingerprint density at radius 1 is 0.917 bits per heavy atom. The lowest BCUT2D eigenvalue weighted by atomic mass is 9.97. The summed E-state index contributed by atoms with van der Waals surface area (Å²) in [4.78, 5) is 8.73. The van der Waals surface area contributed by atoms with Crippen LogP contribution in [0.1, 0.15) is 51.0 Å². The molecule has 1 saturated carbocycles. The van der Waals surface area contributed by atoms with E-state index in [0.717, 1.165) is 35.1 Å². The van der Waals surface area contributed by atoms with Gasteiger partial charge in [0.2, 0.25) is 0 Å². The molecule has 5 heteroatoms. The molecule has 0 saturated heterocycles. The highest BCUT2D eigenvalue weighted by Gasteiger charge is 2.22. The molecular weight excluding hydrogens is 298 g/mol. The topological polar surface area (TPSA) is 69.6 Å². The summed E-state index contributed by atoms with van der Waals surface area (Å²) in [5.74, 6) is 0.510. The molecule has 0 aliphatic heterocycles. The molecule has 1 aliphatic carbocycles. The molecule has 2 N–H and O–H groups in total. The van der Waals surface area contributed by atoms with Crippen molar-refractivity contribution in [3.63, 3.8) is 0 Å². The Bertz CT molecular complexity index is 816. The molecule has 124 valence electrons. The van der Waals surface area contributed by atoms with E-state index in [-0.39, 0.29) is 0 Å². The lowest BCUT2D eigenvalue weighted by molar-refractivity contribution is 0.355. The second kappa shape index (κ2) is 6.59. The number of rotatable bonds is 2. The Balaban J connectivity index is 1.85. The first kappa shape index (κ1) is 15.1. The maximum absolute atomic E-state index is 6.19. The van der Waals surface area contributed by atoms with E-state index < -0.39 is 0 Å². The van der Waals surface area contributed by atoms with Gasteiger partial charge in [-0.25, -0.2) is 14.6 Å². The molecule has 0 amide bonds. The highest BCUT2D eigenvalue weighted by molar-refractivity contribution is 5.98. The van der Waals surface area contributed by atoms with Crippen LogP contribution in [0.15, 0.2) is 36.7 Å². The van der Waals surface area contributed by atoms with E-state index >= 15 is 0 Å². The molecule has 24 heavy (non-hydrogen) atoms. The number of nitrogens with two attached hydrogens (primary N) is 1. The number of fused-ring (bicyclic) bond motifs is 1. The average molecular weight is 321 g/mol. The van der Waals surface area contributed by atoms with Crippen molar-refractivity contribution in [3.05, 3.63) is 36.7 Å². The van der Waals surface area contributed by atoms with Gasteiger partial charge in [-0.2, -0.15) is 5.10 Å². The lowest BCUT2D eigenvalue weighted by Gasteiger charge is -2.20. The van der Waals surface area contributed by atoms with E-state index in [4.69, 9.17) is 10.8 Å². The second-order valence-electron chi connectivity index (χ2n) is 6.62. The third kappa shape index (κ3) is 2.75. The summed E-state index contributed by atoms with van der Waals surface area (Å²) in [6.07, 6.45) is 10.4. The molecule has 2 aromatic heterocycles. The first-order valence-electron chi connectivity index (χ1n) is 8.88. The number of hydrogen-bond acceptors (Lipinski definition) is 4. The Labute approximate surface area is 141 Å². The zero-order valence-corrected chi connectivity index (χ0v) is 13.9. The number of anilines is 1. The predicted molar refractivity (Wildman–Crippen MR) is 96.5 cm³/mol.